The summed E-state index contributed by atoms with van der Waals surface area (Å²) in [7, 11) is 1.36. The number of aromatic hydroxyl groups is 2. The molecule has 1 unspecified atom stereocenters. The Balaban J connectivity index is 0.731. The Labute approximate surface area is 458 Å². The number of hydrogen-bond donors (Lipinski definition) is 4. The number of aliphatic hydroxyl groups is 1. The van der Waals surface area contributed by atoms with Gasteiger partial charge in [0, 0.05) is 54.8 Å². The van der Waals surface area contributed by atoms with Crippen molar-refractivity contribution in [3.05, 3.63) is 187 Å². The van der Waals surface area contributed by atoms with Crippen LogP contribution in [0.25, 0.3) is 16.9 Å². The van der Waals surface area contributed by atoms with Gasteiger partial charge in [-0.25, -0.2) is 19.2 Å². The van der Waals surface area contributed by atoms with Gasteiger partial charge in [0.2, 0.25) is 5.88 Å². The highest BCUT2D eigenvalue weighted by Gasteiger charge is 2.56. The van der Waals surface area contributed by atoms with E-state index < -0.39 is 30.0 Å². The predicted octanol–water partition coefficient (Wildman–Crippen LogP) is 11.9. The third-order valence-corrected chi connectivity index (χ3v) is 14.8. The smallest absolute Gasteiger partial charge is 0.340 e. The number of hydrogen-bond acceptors (Lipinski definition) is 13. The van der Waals surface area contributed by atoms with E-state index in [9.17, 15) is 29.7 Å². The topological polar surface area (TPSA) is 200 Å². The van der Waals surface area contributed by atoms with Gasteiger partial charge in [-0.1, -0.05) is 85.3 Å². The normalized spacial score (nSPS) is 14.1. The van der Waals surface area contributed by atoms with Gasteiger partial charge in [-0.3, -0.25) is 14.0 Å². The number of aliphatic hydroxyl groups excluding tert-OH is 1. The summed E-state index contributed by atoms with van der Waals surface area (Å²) in [4.78, 5) is 49.4. The summed E-state index contributed by atoms with van der Waals surface area (Å²) in [6.07, 6.45) is 7.27. The number of methoxy groups -OCH3 is 1. The number of benzene rings is 6. The molecule has 4 N–H and O–H groups in total. The van der Waals surface area contributed by atoms with Gasteiger partial charge >= 0.3 is 11.9 Å². The number of ether oxygens (including phenoxy) is 5. The maximum Gasteiger partial charge on any atom is 0.340 e. The number of nitrogens with one attached hydrogen (secondary N) is 1. The SMILES string of the molecule is COc1cc2c(c(Cl)c1OC(C)=O)Oc1c(cc(CO)c(C)c1Cl)C21OC(=O)c2ccc(C(=O)NCCCCCCCCOc3ccc(Cc4nc5c(Cc6ccccc6)nc(-c6ccc(O)cc6)cn5c4O)cc3F)cc21. The molecule has 0 saturated heterocycles. The van der Waals surface area contributed by atoms with Crippen molar-refractivity contribution < 1.29 is 57.8 Å². The second-order valence-corrected chi connectivity index (χ2v) is 19.9. The number of phenolic OH excluding ortho intramolecular Hbond substituents is 1. The fraction of sp³-hybridized carbons (Fsp3) is 0.250. The quantitative estimate of drug-likeness (QED) is 0.0339. The highest BCUT2D eigenvalue weighted by atomic mass is 35.5. The number of nitrogens with zero attached hydrogens (tertiary/aromatic N) is 3. The second-order valence-electron chi connectivity index (χ2n) is 19.2. The first-order valence-corrected chi connectivity index (χ1v) is 26.2. The molecule has 18 heteroatoms. The molecule has 0 radical (unpaired) electrons. The van der Waals surface area contributed by atoms with Crippen LogP contribution in [-0.4, -0.2) is 67.8 Å². The van der Waals surface area contributed by atoms with E-state index in [0.717, 1.165) is 36.8 Å². The number of carbonyl (C=O) groups is 3. The number of amides is 1. The van der Waals surface area contributed by atoms with Gasteiger partial charge in [0.15, 0.2) is 45.8 Å². The molecule has 1 amide bonds. The van der Waals surface area contributed by atoms with Crippen molar-refractivity contribution in [1.29, 1.82) is 0 Å². The Morgan fingerprint density at radius 2 is 1.51 bits per heavy atom. The van der Waals surface area contributed by atoms with E-state index in [0.29, 0.717) is 77.4 Å². The van der Waals surface area contributed by atoms with Gasteiger partial charge in [0.05, 0.1) is 47.9 Å². The Hall–Kier alpha value is -8.18. The fourth-order valence-electron chi connectivity index (χ4n) is 10.0. The van der Waals surface area contributed by atoms with Crippen LogP contribution in [-0.2, 0) is 34.6 Å². The van der Waals surface area contributed by atoms with E-state index in [2.05, 4.69) is 5.32 Å². The average molecular weight is 1100 g/mol. The van der Waals surface area contributed by atoms with Crippen LogP contribution < -0.4 is 24.3 Å². The van der Waals surface area contributed by atoms with Gasteiger partial charge in [-0.15, -0.1) is 0 Å². The molecule has 0 saturated carbocycles. The lowest BCUT2D eigenvalue weighted by atomic mass is 9.76. The summed E-state index contributed by atoms with van der Waals surface area (Å²) in [5.41, 5.74) is 4.86. The number of rotatable bonds is 19. The van der Waals surface area contributed by atoms with Crippen LogP contribution in [0.5, 0.6) is 40.4 Å². The Kier molecular flexibility index (Phi) is 15.3. The molecule has 2 aliphatic heterocycles. The molecular formula is C60H53Cl2FN4O11. The molecule has 0 fully saturated rings. The van der Waals surface area contributed by atoms with Crippen LogP contribution >= 0.6 is 23.2 Å². The maximum atomic E-state index is 15.4. The zero-order valence-electron chi connectivity index (χ0n) is 42.8. The monoisotopic (exact) mass is 1090 g/mol. The van der Waals surface area contributed by atoms with Crippen molar-refractivity contribution in [3.63, 3.8) is 0 Å². The first kappa shape index (κ1) is 53.2. The number of phenols is 1. The number of aromatic nitrogens is 3. The Morgan fingerprint density at radius 3 is 2.24 bits per heavy atom. The number of esters is 2. The molecule has 400 valence electrons. The first-order chi connectivity index (χ1) is 37.7. The van der Waals surface area contributed by atoms with E-state index in [1.165, 1.54) is 32.2 Å². The van der Waals surface area contributed by atoms with Crippen molar-refractivity contribution >= 4 is 46.7 Å². The maximum absolute atomic E-state index is 15.4. The molecule has 6 aromatic carbocycles. The summed E-state index contributed by atoms with van der Waals surface area (Å²) < 4.78 is 46.5. The van der Waals surface area contributed by atoms with Crippen LogP contribution in [0.1, 0.15) is 116 Å². The Bertz CT molecular complexity index is 3650. The molecule has 8 aromatic rings. The van der Waals surface area contributed by atoms with Crippen LogP contribution in [0.2, 0.25) is 10.0 Å². The average Bonchev–Trinajstić information content (AvgIpc) is 3.07. The van der Waals surface area contributed by atoms with E-state index in [1.54, 1.807) is 72.1 Å². The van der Waals surface area contributed by atoms with E-state index in [1.807, 2.05) is 30.3 Å². The van der Waals surface area contributed by atoms with Crippen LogP contribution in [0.3, 0.4) is 0 Å². The van der Waals surface area contributed by atoms with Crippen LogP contribution in [0, 0.1) is 12.7 Å². The molecule has 1 atom stereocenters. The minimum Gasteiger partial charge on any atom is -0.508 e. The minimum absolute atomic E-state index is 0.0162. The summed E-state index contributed by atoms with van der Waals surface area (Å²) in [6.45, 7) is 3.23. The molecule has 4 heterocycles. The van der Waals surface area contributed by atoms with E-state index in [4.69, 9.17) is 56.9 Å². The molecule has 2 aliphatic rings. The van der Waals surface area contributed by atoms with Crippen LogP contribution in [0.15, 0.2) is 109 Å². The van der Waals surface area contributed by atoms with Crippen molar-refractivity contribution in [2.24, 2.45) is 0 Å². The summed E-state index contributed by atoms with van der Waals surface area (Å²) >= 11 is 13.8. The molecule has 15 nitrogen and oxygen atoms in total. The standard InChI is InChI=1S/C60H53Cl2FN4O11/c1-33-39(32-68)29-43-53(51(33)61)77-54-44(30-50(74-3)55(52(54)62)76-34(2)69)60(43)42-28-38(18-21-41(42)59(73)78-60)57(71)64-23-11-6-4-5-7-12-24-75-49-22-15-36(25-45(49)63)27-47-58(72)67-31-48(37-16-19-40(70)20-17-37)65-46(56(67)66-47)26-35-13-9-8-10-14-35/h8-10,13-22,25,28-31,68,70,72H,4-7,11-12,23-24,26-27,32H2,1-3H3,(H,64,71). The molecule has 1 spiro atoms. The van der Waals surface area contributed by atoms with Gasteiger partial charge in [0.1, 0.15) is 16.5 Å². The van der Waals surface area contributed by atoms with Crippen molar-refractivity contribution in [1.82, 2.24) is 19.7 Å². The molecule has 2 aromatic heterocycles. The lowest BCUT2D eigenvalue weighted by Crippen LogP contribution is -2.34. The number of carbonyl (C=O) groups excluding carboxylic acids is 3. The summed E-state index contributed by atoms with van der Waals surface area (Å²) in [6, 6.07) is 29.0. The van der Waals surface area contributed by atoms with Gasteiger partial charge in [0.25, 0.3) is 5.91 Å². The predicted molar refractivity (Wildman–Crippen MR) is 289 cm³/mol. The first-order valence-electron chi connectivity index (χ1n) is 25.4. The van der Waals surface area contributed by atoms with E-state index >= 15 is 4.39 Å². The fourth-order valence-corrected chi connectivity index (χ4v) is 10.6. The molecule has 78 heavy (non-hydrogen) atoms. The van der Waals surface area contributed by atoms with Gasteiger partial charge in [-0.2, -0.15) is 0 Å². The molecular weight excluding hydrogens is 1040 g/mol. The number of fused-ring (bicyclic) bond motifs is 7. The Morgan fingerprint density at radius 1 is 0.795 bits per heavy atom. The summed E-state index contributed by atoms with van der Waals surface area (Å²) in [5, 5.41) is 34.6. The molecule has 0 bridgehead atoms. The molecule has 10 rings (SSSR count). The zero-order valence-corrected chi connectivity index (χ0v) is 44.3. The largest absolute Gasteiger partial charge is 0.508 e. The highest BCUT2D eigenvalue weighted by molar-refractivity contribution is 6.35. The number of halogens is 3. The summed E-state index contributed by atoms with van der Waals surface area (Å²) in [5.74, 6) is -2.07. The van der Waals surface area contributed by atoms with Crippen molar-refractivity contribution in [2.75, 3.05) is 20.3 Å². The minimum atomic E-state index is -1.79. The van der Waals surface area contributed by atoms with Gasteiger partial charge in [-0.05, 0) is 109 Å². The van der Waals surface area contributed by atoms with E-state index in [-0.39, 0.29) is 85.0 Å². The number of imidazole rings is 1. The second kappa shape index (κ2) is 22.4. The lowest BCUT2D eigenvalue weighted by Gasteiger charge is -2.38. The third kappa shape index (κ3) is 10.3. The van der Waals surface area contributed by atoms with Gasteiger partial charge < -0.3 is 44.3 Å². The third-order valence-electron chi connectivity index (χ3n) is 14.0. The zero-order chi connectivity index (χ0) is 54.8. The van der Waals surface area contributed by atoms with Crippen LogP contribution in [0.4, 0.5) is 4.39 Å². The van der Waals surface area contributed by atoms with Crippen molar-refractivity contribution in [2.45, 2.75) is 77.4 Å². The van der Waals surface area contributed by atoms with Crippen molar-refractivity contribution in [3.8, 4) is 51.6 Å². The highest BCUT2D eigenvalue weighted by Crippen LogP contribution is 2.62. The number of unbranched alkanes of at least 4 members (excludes halogenated alkanes) is 5. The molecule has 0 aliphatic carbocycles. The lowest BCUT2D eigenvalue weighted by molar-refractivity contribution is -0.132.